The number of hydrogen-bond donors (Lipinski definition) is 0. The van der Waals surface area contributed by atoms with Gasteiger partial charge in [0.25, 0.3) is 0 Å². The van der Waals surface area contributed by atoms with E-state index in [0.29, 0.717) is 12.5 Å². The highest BCUT2D eigenvalue weighted by Gasteiger charge is 2.22. The first-order chi connectivity index (χ1) is 5.72. The minimum Gasteiger partial charge on any atom is -0.463 e. The zero-order valence-corrected chi connectivity index (χ0v) is 7.75. The van der Waals surface area contributed by atoms with Gasteiger partial charge in [-0.25, -0.2) is 4.79 Å². The van der Waals surface area contributed by atoms with Crippen molar-refractivity contribution in [2.45, 2.75) is 26.7 Å². The highest BCUT2D eigenvalue weighted by molar-refractivity contribution is 5.81. The van der Waals surface area contributed by atoms with E-state index in [1.807, 2.05) is 13.0 Å². The van der Waals surface area contributed by atoms with E-state index in [-0.39, 0.29) is 5.97 Å². The molecular weight excluding hydrogens is 152 g/mol. The summed E-state index contributed by atoms with van der Waals surface area (Å²) >= 11 is 0. The van der Waals surface area contributed by atoms with E-state index in [4.69, 9.17) is 4.74 Å². The van der Waals surface area contributed by atoms with Crippen molar-refractivity contribution in [2.75, 3.05) is 6.61 Å². The molecule has 12 heavy (non-hydrogen) atoms. The maximum atomic E-state index is 10.9. The van der Waals surface area contributed by atoms with E-state index in [9.17, 15) is 4.79 Å². The molecule has 1 saturated carbocycles. The predicted molar refractivity (Wildman–Crippen MR) is 47.7 cm³/mol. The minimum absolute atomic E-state index is 0.211. The Hall–Kier alpha value is -0.790. The van der Waals surface area contributed by atoms with Gasteiger partial charge in [0, 0.05) is 6.08 Å². The number of carbonyl (C=O) groups excluding carboxylic acids is 1. The summed E-state index contributed by atoms with van der Waals surface area (Å²) in [5.74, 6) is 1.24. The van der Waals surface area contributed by atoms with Gasteiger partial charge in [0.1, 0.15) is 0 Å². The van der Waals surface area contributed by atoms with E-state index in [1.54, 1.807) is 6.08 Å². The summed E-state index contributed by atoms with van der Waals surface area (Å²) < 4.78 is 4.76. The molecule has 1 fully saturated rings. The van der Waals surface area contributed by atoms with Gasteiger partial charge in [-0.2, -0.15) is 0 Å². The van der Waals surface area contributed by atoms with Crippen LogP contribution in [0.25, 0.3) is 0 Å². The lowest BCUT2D eigenvalue weighted by molar-refractivity contribution is -0.137. The van der Waals surface area contributed by atoms with Gasteiger partial charge in [0.2, 0.25) is 0 Å². The highest BCUT2D eigenvalue weighted by atomic mass is 16.5. The van der Waals surface area contributed by atoms with Crippen LogP contribution in [0.1, 0.15) is 26.7 Å². The Bertz CT molecular complexity index is 178. The van der Waals surface area contributed by atoms with Crippen molar-refractivity contribution in [1.82, 2.24) is 0 Å². The lowest BCUT2D eigenvalue weighted by Gasteiger charge is -2.29. The van der Waals surface area contributed by atoms with Crippen molar-refractivity contribution < 1.29 is 9.53 Å². The molecule has 68 valence electrons. The topological polar surface area (TPSA) is 26.3 Å². The molecule has 2 nitrogen and oxygen atoms in total. The van der Waals surface area contributed by atoms with Crippen LogP contribution < -0.4 is 0 Å². The second kappa shape index (κ2) is 4.29. The van der Waals surface area contributed by atoms with Crippen LogP contribution in [0.4, 0.5) is 0 Å². The quantitative estimate of drug-likeness (QED) is 0.477. The number of rotatable bonds is 3. The monoisotopic (exact) mass is 168 g/mol. The van der Waals surface area contributed by atoms with E-state index < -0.39 is 0 Å². The molecule has 0 N–H and O–H groups in total. The number of allylic oxidation sites excluding steroid dienone is 1. The molecule has 0 atom stereocenters. The smallest absolute Gasteiger partial charge is 0.330 e. The lowest BCUT2D eigenvalue weighted by Crippen LogP contribution is -2.19. The standard InChI is InChI=1S/C10H16O2/c1-3-12-10(11)5-4-9-6-8(2)7-9/h4-5,8-9H,3,6-7H2,1-2H3/b5-4+. The average Bonchev–Trinajstić information content (AvgIpc) is 1.96. The van der Waals surface area contributed by atoms with Gasteiger partial charge in [-0.15, -0.1) is 0 Å². The SMILES string of the molecule is CCOC(=O)/C=C/C1CC(C)C1. The van der Waals surface area contributed by atoms with Crippen LogP contribution in [0.3, 0.4) is 0 Å². The first-order valence-electron chi connectivity index (χ1n) is 4.57. The van der Waals surface area contributed by atoms with Gasteiger partial charge >= 0.3 is 5.97 Å². The first kappa shape index (κ1) is 9.30. The molecule has 0 aromatic carbocycles. The van der Waals surface area contributed by atoms with E-state index in [1.165, 1.54) is 12.8 Å². The molecule has 0 unspecified atom stereocenters. The molecule has 0 aliphatic heterocycles. The fourth-order valence-corrected chi connectivity index (χ4v) is 1.53. The van der Waals surface area contributed by atoms with Gasteiger partial charge in [-0.1, -0.05) is 13.0 Å². The van der Waals surface area contributed by atoms with Crippen molar-refractivity contribution in [3.05, 3.63) is 12.2 Å². The largest absolute Gasteiger partial charge is 0.463 e. The molecule has 1 aliphatic rings. The van der Waals surface area contributed by atoms with Crippen LogP contribution in [-0.2, 0) is 9.53 Å². The molecule has 1 rings (SSSR count). The third kappa shape index (κ3) is 2.68. The second-order valence-electron chi connectivity index (χ2n) is 3.45. The summed E-state index contributed by atoms with van der Waals surface area (Å²) in [6.07, 6.45) is 5.96. The Balaban J connectivity index is 2.17. The Morgan fingerprint density at radius 3 is 2.75 bits per heavy atom. The third-order valence-corrected chi connectivity index (χ3v) is 2.20. The molecule has 2 heteroatoms. The minimum atomic E-state index is -0.211. The maximum Gasteiger partial charge on any atom is 0.330 e. The number of esters is 1. The van der Waals surface area contributed by atoms with Crippen LogP contribution in [0.15, 0.2) is 12.2 Å². The van der Waals surface area contributed by atoms with E-state index in [0.717, 1.165) is 5.92 Å². The summed E-state index contributed by atoms with van der Waals surface area (Å²) in [7, 11) is 0. The third-order valence-electron chi connectivity index (χ3n) is 2.20. The Morgan fingerprint density at radius 1 is 1.58 bits per heavy atom. The number of hydrogen-bond acceptors (Lipinski definition) is 2. The van der Waals surface area contributed by atoms with Gasteiger partial charge in [-0.3, -0.25) is 0 Å². The summed E-state index contributed by atoms with van der Waals surface area (Å²) in [5.41, 5.74) is 0. The fourth-order valence-electron chi connectivity index (χ4n) is 1.53. The highest BCUT2D eigenvalue weighted by Crippen LogP contribution is 2.33. The second-order valence-corrected chi connectivity index (χ2v) is 3.45. The van der Waals surface area contributed by atoms with Crippen LogP contribution in [0.5, 0.6) is 0 Å². The number of carbonyl (C=O) groups is 1. The summed E-state index contributed by atoms with van der Waals surface area (Å²) in [6, 6.07) is 0. The molecule has 1 aliphatic carbocycles. The molecule has 0 bridgehead atoms. The Labute approximate surface area is 73.6 Å². The normalized spacial score (nSPS) is 28.5. The summed E-state index contributed by atoms with van der Waals surface area (Å²) in [5, 5.41) is 0. The lowest BCUT2D eigenvalue weighted by atomic mass is 9.76. The molecule has 0 aromatic rings. The van der Waals surface area contributed by atoms with Crippen LogP contribution in [0, 0.1) is 11.8 Å². The zero-order chi connectivity index (χ0) is 8.97. The van der Waals surface area contributed by atoms with Crippen LogP contribution in [0.2, 0.25) is 0 Å². The van der Waals surface area contributed by atoms with Crippen molar-refractivity contribution in [1.29, 1.82) is 0 Å². The first-order valence-corrected chi connectivity index (χ1v) is 4.57. The molecule has 0 radical (unpaired) electrons. The van der Waals surface area contributed by atoms with Crippen molar-refractivity contribution in [3.8, 4) is 0 Å². The van der Waals surface area contributed by atoms with Crippen molar-refractivity contribution >= 4 is 5.97 Å². The predicted octanol–water partition coefficient (Wildman–Crippen LogP) is 2.15. The molecule has 0 spiro atoms. The Kier molecular flexibility index (Phi) is 3.32. The van der Waals surface area contributed by atoms with Crippen LogP contribution in [-0.4, -0.2) is 12.6 Å². The summed E-state index contributed by atoms with van der Waals surface area (Å²) in [4.78, 5) is 10.9. The zero-order valence-electron chi connectivity index (χ0n) is 7.75. The van der Waals surface area contributed by atoms with Gasteiger partial charge < -0.3 is 4.74 Å². The van der Waals surface area contributed by atoms with Gasteiger partial charge in [0.05, 0.1) is 6.61 Å². The molecule has 0 heterocycles. The molecular formula is C10H16O2. The molecule has 0 saturated heterocycles. The van der Waals surface area contributed by atoms with Crippen LogP contribution >= 0.6 is 0 Å². The fraction of sp³-hybridized carbons (Fsp3) is 0.700. The number of ether oxygens (including phenoxy) is 1. The molecule has 0 aromatic heterocycles. The Morgan fingerprint density at radius 2 is 2.25 bits per heavy atom. The molecule has 0 amide bonds. The maximum absolute atomic E-state index is 10.9. The van der Waals surface area contributed by atoms with Crippen molar-refractivity contribution in [3.63, 3.8) is 0 Å². The average molecular weight is 168 g/mol. The van der Waals surface area contributed by atoms with Gasteiger partial charge in [-0.05, 0) is 31.6 Å². The van der Waals surface area contributed by atoms with Crippen molar-refractivity contribution in [2.24, 2.45) is 11.8 Å². The van der Waals surface area contributed by atoms with E-state index in [2.05, 4.69) is 6.92 Å². The summed E-state index contributed by atoms with van der Waals surface area (Å²) in [6.45, 7) is 4.51. The van der Waals surface area contributed by atoms with Gasteiger partial charge in [0.15, 0.2) is 0 Å². The van der Waals surface area contributed by atoms with E-state index >= 15 is 0 Å².